The van der Waals surface area contributed by atoms with Gasteiger partial charge in [0.15, 0.2) is 0 Å². The van der Waals surface area contributed by atoms with Crippen LogP contribution in [0.4, 0.5) is 4.39 Å². The van der Waals surface area contributed by atoms with E-state index in [1.807, 2.05) is 12.1 Å². The molecule has 1 heteroatoms. The fourth-order valence-electron chi connectivity index (χ4n) is 4.57. The van der Waals surface area contributed by atoms with Crippen LogP contribution in [0.1, 0.15) is 51.8 Å². The molecular weight excluding hydrogens is 367 g/mol. The van der Waals surface area contributed by atoms with Gasteiger partial charge in [0, 0.05) is 0 Å². The van der Waals surface area contributed by atoms with E-state index in [4.69, 9.17) is 0 Å². The number of fused-ring (bicyclic) bond motifs is 1. The van der Waals surface area contributed by atoms with Crippen LogP contribution < -0.4 is 0 Å². The number of benzene rings is 3. The molecule has 4 rings (SSSR count). The molecule has 0 bridgehead atoms. The molecule has 152 valence electrons. The Morgan fingerprint density at radius 3 is 2.33 bits per heavy atom. The van der Waals surface area contributed by atoms with Gasteiger partial charge in [-0.05, 0) is 114 Å². The predicted molar refractivity (Wildman–Crippen MR) is 126 cm³/mol. The van der Waals surface area contributed by atoms with Crippen molar-refractivity contribution in [3.8, 4) is 0 Å². The average molecular weight is 397 g/mol. The quantitative estimate of drug-likeness (QED) is 0.413. The Balaban J connectivity index is 1.69. The molecule has 0 atom stereocenters. The number of aryl methyl sites for hydroxylation is 4. The number of hydrogen-bond donors (Lipinski definition) is 0. The summed E-state index contributed by atoms with van der Waals surface area (Å²) in [4.78, 5) is 0. The lowest BCUT2D eigenvalue weighted by Crippen LogP contribution is -2.09. The third kappa shape index (κ3) is 4.03. The second-order valence-electron chi connectivity index (χ2n) is 8.50. The lowest BCUT2D eigenvalue weighted by atomic mass is 9.77. The van der Waals surface area contributed by atoms with E-state index in [-0.39, 0.29) is 5.82 Å². The van der Waals surface area contributed by atoms with Gasteiger partial charge < -0.3 is 0 Å². The summed E-state index contributed by atoms with van der Waals surface area (Å²) in [5.74, 6) is -0.175. The highest BCUT2D eigenvalue weighted by molar-refractivity contribution is 5.94. The van der Waals surface area contributed by atoms with Gasteiger partial charge in [0.2, 0.25) is 0 Å². The zero-order valence-corrected chi connectivity index (χ0v) is 18.2. The highest BCUT2D eigenvalue weighted by atomic mass is 19.1. The highest BCUT2D eigenvalue weighted by Crippen LogP contribution is 2.42. The first-order valence-corrected chi connectivity index (χ1v) is 10.8. The van der Waals surface area contributed by atoms with Crippen LogP contribution in [-0.4, -0.2) is 0 Å². The second-order valence-corrected chi connectivity index (χ2v) is 8.50. The molecule has 1 aliphatic rings. The minimum absolute atomic E-state index is 0.175. The summed E-state index contributed by atoms with van der Waals surface area (Å²) in [6, 6.07) is 20.3. The average Bonchev–Trinajstić information content (AvgIpc) is 2.73. The zero-order valence-electron chi connectivity index (χ0n) is 18.2. The number of hydrogen-bond acceptors (Lipinski definition) is 0. The first kappa shape index (κ1) is 20.3. The molecule has 0 nitrogen and oxygen atoms in total. The lowest BCUT2D eigenvalue weighted by Gasteiger charge is -2.28. The fraction of sp³-hybridized carbons (Fsp3) is 0.241. The molecule has 1 aliphatic carbocycles. The van der Waals surface area contributed by atoms with Crippen molar-refractivity contribution in [1.29, 1.82) is 0 Å². The maximum Gasteiger partial charge on any atom is 0.123 e. The third-order valence-electron chi connectivity index (χ3n) is 6.42. The molecule has 0 radical (unpaired) electrons. The molecule has 0 fully saturated rings. The van der Waals surface area contributed by atoms with Crippen LogP contribution in [0.15, 0.2) is 72.8 Å². The van der Waals surface area contributed by atoms with E-state index >= 15 is 0 Å². The first-order chi connectivity index (χ1) is 14.4. The molecular formula is C29H29F. The van der Waals surface area contributed by atoms with E-state index in [0.29, 0.717) is 0 Å². The molecule has 3 aromatic carbocycles. The van der Waals surface area contributed by atoms with Gasteiger partial charge in [-0.3, -0.25) is 0 Å². The molecule has 0 amide bonds. The molecule has 0 aliphatic heterocycles. The predicted octanol–water partition coefficient (Wildman–Crippen LogP) is 7.80. The molecule has 30 heavy (non-hydrogen) atoms. The summed E-state index contributed by atoms with van der Waals surface area (Å²) >= 11 is 0. The van der Waals surface area contributed by atoms with Gasteiger partial charge in [-0.25, -0.2) is 4.39 Å². The SMILES string of the molecule is C=C1C(CCCc2ccc(F)cc2)=C(c2ccc(C)c(C)c2)Cc2cccc(C)c21. The standard InChI is InChI=1S/C29H29F/c1-19-11-14-24(17-21(19)3)28-18-25-9-5-7-20(2)29(25)22(4)27(28)10-6-8-23-12-15-26(30)16-13-23/h5,7,9,11-17H,4,6,8,10,18H2,1-3H3. The van der Waals surface area contributed by atoms with Crippen LogP contribution in [0.2, 0.25) is 0 Å². The van der Waals surface area contributed by atoms with E-state index in [0.717, 1.165) is 25.7 Å². The van der Waals surface area contributed by atoms with Crippen LogP contribution in [0.5, 0.6) is 0 Å². The van der Waals surface area contributed by atoms with Gasteiger partial charge in [-0.2, -0.15) is 0 Å². The van der Waals surface area contributed by atoms with E-state index in [2.05, 4.69) is 63.7 Å². The Hall–Kier alpha value is -2.93. The maximum absolute atomic E-state index is 13.2. The van der Waals surface area contributed by atoms with Crippen molar-refractivity contribution in [2.75, 3.05) is 0 Å². The Morgan fingerprint density at radius 2 is 1.60 bits per heavy atom. The minimum Gasteiger partial charge on any atom is -0.207 e. The molecule has 0 N–H and O–H groups in total. The largest absolute Gasteiger partial charge is 0.207 e. The monoisotopic (exact) mass is 396 g/mol. The van der Waals surface area contributed by atoms with Crippen LogP contribution in [0.3, 0.4) is 0 Å². The third-order valence-corrected chi connectivity index (χ3v) is 6.42. The van der Waals surface area contributed by atoms with Crippen LogP contribution >= 0.6 is 0 Å². The molecule has 0 unspecified atom stereocenters. The van der Waals surface area contributed by atoms with Crippen LogP contribution in [-0.2, 0) is 12.8 Å². The molecule has 3 aromatic rings. The molecule has 0 aromatic heterocycles. The Labute approximate surface area is 179 Å². The molecule has 0 spiro atoms. The van der Waals surface area contributed by atoms with Crippen molar-refractivity contribution in [2.45, 2.75) is 46.5 Å². The van der Waals surface area contributed by atoms with Gasteiger partial charge in [-0.1, -0.05) is 55.1 Å². The van der Waals surface area contributed by atoms with Crippen molar-refractivity contribution >= 4 is 11.1 Å². The van der Waals surface area contributed by atoms with Crippen molar-refractivity contribution in [2.24, 2.45) is 0 Å². The molecule has 0 saturated carbocycles. The van der Waals surface area contributed by atoms with E-state index in [1.165, 1.54) is 55.7 Å². The van der Waals surface area contributed by atoms with Crippen molar-refractivity contribution in [1.82, 2.24) is 0 Å². The number of halogens is 1. The summed E-state index contributed by atoms with van der Waals surface area (Å²) in [5, 5.41) is 0. The number of rotatable bonds is 5. The summed E-state index contributed by atoms with van der Waals surface area (Å²) in [6.45, 7) is 11.1. The Morgan fingerprint density at radius 1 is 0.833 bits per heavy atom. The Kier molecular flexibility index (Phi) is 5.72. The first-order valence-electron chi connectivity index (χ1n) is 10.8. The van der Waals surface area contributed by atoms with Gasteiger partial charge in [0.1, 0.15) is 5.82 Å². The number of allylic oxidation sites excluding steroid dienone is 3. The second kappa shape index (κ2) is 8.44. The van der Waals surface area contributed by atoms with E-state index in [9.17, 15) is 4.39 Å². The topological polar surface area (TPSA) is 0 Å². The van der Waals surface area contributed by atoms with E-state index in [1.54, 1.807) is 12.1 Å². The summed E-state index contributed by atoms with van der Waals surface area (Å²) in [6.07, 6.45) is 3.89. The summed E-state index contributed by atoms with van der Waals surface area (Å²) < 4.78 is 13.2. The van der Waals surface area contributed by atoms with Gasteiger partial charge in [0.25, 0.3) is 0 Å². The van der Waals surface area contributed by atoms with Crippen molar-refractivity contribution < 1.29 is 4.39 Å². The summed E-state index contributed by atoms with van der Waals surface area (Å²) in [5.41, 5.74) is 13.1. The Bertz CT molecular complexity index is 1130. The normalized spacial score (nSPS) is 13.5. The van der Waals surface area contributed by atoms with Crippen molar-refractivity contribution in [3.05, 3.63) is 118 Å². The zero-order chi connectivity index (χ0) is 21.3. The minimum atomic E-state index is -0.175. The smallest absolute Gasteiger partial charge is 0.123 e. The van der Waals surface area contributed by atoms with Crippen LogP contribution in [0.25, 0.3) is 11.1 Å². The van der Waals surface area contributed by atoms with Gasteiger partial charge in [0.05, 0.1) is 0 Å². The highest BCUT2D eigenvalue weighted by Gasteiger charge is 2.23. The fourth-order valence-corrected chi connectivity index (χ4v) is 4.57. The van der Waals surface area contributed by atoms with Crippen molar-refractivity contribution in [3.63, 3.8) is 0 Å². The molecule has 0 heterocycles. The van der Waals surface area contributed by atoms with Gasteiger partial charge in [-0.15, -0.1) is 0 Å². The van der Waals surface area contributed by atoms with E-state index < -0.39 is 0 Å². The van der Waals surface area contributed by atoms with Crippen LogP contribution in [0, 0.1) is 26.6 Å². The summed E-state index contributed by atoms with van der Waals surface area (Å²) in [7, 11) is 0. The molecule has 0 saturated heterocycles. The van der Waals surface area contributed by atoms with Gasteiger partial charge >= 0.3 is 0 Å². The maximum atomic E-state index is 13.2. The lowest BCUT2D eigenvalue weighted by molar-refractivity contribution is 0.626.